The fourth-order valence-corrected chi connectivity index (χ4v) is 3.96. The number of hydrogen-bond acceptors (Lipinski definition) is 4. The summed E-state index contributed by atoms with van der Waals surface area (Å²) in [6.07, 6.45) is 0.327. The van der Waals surface area contributed by atoms with E-state index in [1.54, 1.807) is 24.3 Å². The van der Waals surface area contributed by atoms with Gasteiger partial charge in [-0.1, -0.05) is 56.3 Å². The van der Waals surface area contributed by atoms with Crippen molar-refractivity contribution < 1.29 is 18.0 Å². The van der Waals surface area contributed by atoms with Gasteiger partial charge in [0.25, 0.3) is 0 Å². The Hall–Kier alpha value is -2.71. The standard InChI is InChI=1S/C23H31N3O4S/c1-16(2)15-21(27)25-22(19-9-7-6-8-10-19)23(28)24-17(3)18-11-13-20(14-12-18)31(29,30)26(4)5/h6-14,16-17,22H,15H2,1-5H3,(H,24,28)(H,25,27). The highest BCUT2D eigenvalue weighted by molar-refractivity contribution is 7.89. The number of rotatable bonds is 9. The SMILES string of the molecule is CC(C)CC(=O)NC(C(=O)NC(C)c1ccc(S(=O)(=O)N(C)C)cc1)c1ccccc1. The van der Waals surface area contributed by atoms with E-state index in [0.29, 0.717) is 12.0 Å². The lowest BCUT2D eigenvalue weighted by atomic mass is 10.0. The molecule has 0 fully saturated rings. The minimum atomic E-state index is -3.52. The van der Waals surface area contributed by atoms with Crippen LogP contribution in [0.5, 0.6) is 0 Å². The molecular formula is C23H31N3O4S. The molecule has 7 nitrogen and oxygen atoms in total. The molecule has 0 bridgehead atoms. The van der Waals surface area contributed by atoms with Crippen LogP contribution in [0.1, 0.15) is 50.4 Å². The molecule has 0 saturated carbocycles. The minimum Gasteiger partial charge on any atom is -0.347 e. The number of amides is 2. The highest BCUT2D eigenvalue weighted by Crippen LogP contribution is 2.20. The monoisotopic (exact) mass is 445 g/mol. The number of carbonyl (C=O) groups excluding carboxylic acids is 2. The highest BCUT2D eigenvalue weighted by atomic mass is 32.2. The van der Waals surface area contributed by atoms with Gasteiger partial charge in [-0.15, -0.1) is 0 Å². The zero-order valence-electron chi connectivity index (χ0n) is 18.6. The summed E-state index contributed by atoms with van der Waals surface area (Å²) in [6.45, 7) is 5.70. The first kappa shape index (κ1) is 24.6. The van der Waals surface area contributed by atoms with Gasteiger partial charge in [0, 0.05) is 20.5 Å². The Kier molecular flexibility index (Phi) is 8.36. The van der Waals surface area contributed by atoms with Gasteiger partial charge in [-0.3, -0.25) is 9.59 Å². The Bertz CT molecular complexity index is 987. The molecule has 2 unspecified atom stereocenters. The van der Waals surface area contributed by atoms with E-state index >= 15 is 0 Å². The molecule has 0 spiro atoms. The minimum absolute atomic E-state index is 0.176. The van der Waals surface area contributed by atoms with E-state index in [4.69, 9.17) is 0 Å². The van der Waals surface area contributed by atoms with Gasteiger partial charge in [0.2, 0.25) is 21.8 Å². The molecule has 2 aromatic rings. The molecule has 0 saturated heterocycles. The van der Waals surface area contributed by atoms with Crippen LogP contribution in [0, 0.1) is 5.92 Å². The highest BCUT2D eigenvalue weighted by Gasteiger charge is 2.25. The molecule has 2 atom stereocenters. The van der Waals surface area contributed by atoms with Gasteiger partial charge in [0.1, 0.15) is 6.04 Å². The summed E-state index contributed by atoms with van der Waals surface area (Å²) in [7, 11) is -0.566. The van der Waals surface area contributed by atoms with E-state index in [9.17, 15) is 18.0 Å². The number of carbonyl (C=O) groups is 2. The average molecular weight is 446 g/mol. The topological polar surface area (TPSA) is 95.6 Å². The Labute approximate surface area is 184 Å². The largest absolute Gasteiger partial charge is 0.347 e. The second-order valence-corrected chi connectivity index (χ2v) is 10.2. The molecule has 31 heavy (non-hydrogen) atoms. The maximum Gasteiger partial charge on any atom is 0.247 e. The molecule has 2 aromatic carbocycles. The van der Waals surface area contributed by atoms with Crippen LogP contribution in [0.25, 0.3) is 0 Å². The lowest BCUT2D eigenvalue weighted by Crippen LogP contribution is -2.41. The predicted molar refractivity (Wildman–Crippen MR) is 121 cm³/mol. The van der Waals surface area contributed by atoms with Crippen molar-refractivity contribution in [1.82, 2.24) is 14.9 Å². The first-order valence-corrected chi connectivity index (χ1v) is 11.6. The first-order chi connectivity index (χ1) is 14.5. The summed E-state index contributed by atoms with van der Waals surface area (Å²) < 4.78 is 25.6. The van der Waals surface area contributed by atoms with Gasteiger partial charge in [0.05, 0.1) is 10.9 Å². The summed E-state index contributed by atoms with van der Waals surface area (Å²) in [5.74, 6) is -0.346. The zero-order valence-corrected chi connectivity index (χ0v) is 19.4. The maximum absolute atomic E-state index is 13.0. The van der Waals surface area contributed by atoms with Gasteiger partial charge in [-0.2, -0.15) is 0 Å². The van der Waals surface area contributed by atoms with E-state index in [-0.39, 0.29) is 28.7 Å². The first-order valence-electron chi connectivity index (χ1n) is 10.2. The fraction of sp³-hybridized carbons (Fsp3) is 0.391. The van der Waals surface area contributed by atoms with Crippen LogP contribution in [-0.4, -0.2) is 38.6 Å². The van der Waals surface area contributed by atoms with Crippen molar-refractivity contribution in [2.24, 2.45) is 5.92 Å². The zero-order chi connectivity index (χ0) is 23.2. The van der Waals surface area contributed by atoms with Crippen molar-refractivity contribution in [2.45, 2.75) is 44.2 Å². The van der Waals surface area contributed by atoms with E-state index in [1.807, 2.05) is 39.0 Å². The molecule has 8 heteroatoms. The lowest BCUT2D eigenvalue weighted by Gasteiger charge is -2.22. The van der Waals surface area contributed by atoms with E-state index in [1.165, 1.54) is 26.2 Å². The van der Waals surface area contributed by atoms with Crippen LogP contribution in [-0.2, 0) is 19.6 Å². The number of sulfonamides is 1. The molecule has 2 amide bonds. The van der Waals surface area contributed by atoms with Crippen LogP contribution in [0.4, 0.5) is 0 Å². The Morgan fingerprint density at radius 3 is 1.97 bits per heavy atom. The molecule has 0 aromatic heterocycles. The van der Waals surface area contributed by atoms with E-state index in [0.717, 1.165) is 9.87 Å². The van der Waals surface area contributed by atoms with Crippen LogP contribution < -0.4 is 10.6 Å². The second-order valence-electron chi connectivity index (χ2n) is 8.10. The number of nitrogens with one attached hydrogen (secondary N) is 2. The van der Waals surface area contributed by atoms with Crippen molar-refractivity contribution in [3.8, 4) is 0 Å². The van der Waals surface area contributed by atoms with Crippen LogP contribution in [0.2, 0.25) is 0 Å². The number of benzene rings is 2. The van der Waals surface area contributed by atoms with Gasteiger partial charge < -0.3 is 10.6 Å². The van der Waals surface area contributed by atoms with Crippen LogP contribution in [0.3, 0.4) is 0 Å². The van der Waals surface area contributed by atoms with Gasteiger partial charge in [-0.25, -0.2) is 12.7 Å². The van der Waals surface area contributed by atoms with Crippen LogP contribution in [0.15, 0.2) is 59.5 Å². The quantitative estimate of drug-likeness (QED) is 0.620. The maximum atomic E-state index is 13.0. The molecule has 0 heterocycles. The summed E-state index contributed by atoms with van der Waals surface area (Å²) in [5, 5.41) is 5.75. The molecule has 0 radical (unpaired) electrons. The third-order valence-corrected chi connectivity index (χ3v) is 6.64. The molecule has 0 aliphatic rings. The third-order valence-electron chi connectivity index (χ3n) is 4.81. The predicted octanol–water partition coefficient (Wildman–Crippen LogP) is 3.02. The third kappa shape index (κ3) is 6.63. The molecular weight excluding hydrogens is 414 g/mol. The van der Waals surface area contributed by atoms with Crippen molar-refractivity contribution >= 4 is 21.8 Å². The van der Waals surface area contributed by atoms with Gasteiger partial charge >= 0.3 is 0 Å². The molecule has 0 aliphatic heterocycles. The van der Waals surface area contributed by atoms with Crippen molar-refractivity contribution in [3.63, 3.8) is 0 Å². The van der Waals surface area contributed by atoms with E-state index < -0.39 is 16.1 Å². The normalized spacial score (nSPS) is 13.6. The average Bonchev–Trinajstić information content (AvgIpc) is 2.72. The summed E-state index contributed by atoms with van der Waals surface area (Å²) in [4.78, 5) is 25.6. The van der Waals surface area contributed by atoms with Gasteiger partial charge in [-0.05, 0) is 36.1 Å². The molecule has 168 valence electrons. The number of hydrogen-bond donors (Lipinski definition) is 2. The van der Waals surface area contributed by atoms with E-state index in [2.05, 4.69) is 10.6 Å². The molecule has 2 N–H and O–H groups in total. The lowest BCUT2D eigenvalue weighted by molar-refractivity contribution is -0.130. The Morgan fingerprint density at radius 2 is 1.45 bits per heavy atom. The summed E-state index contributed by atoms with van der Waals surface area (Å²) >= 11 is 0. The Morgan fingerprint density at radius 1 is 0.871 bits per heavy atom. The smallest absolute Gasteiger partial charge is 0.247 e. The van der Waals surface area contributed by atoms with Crippen molar-refractivity contribution in [2.75, 3.05) is 14.1 Å². The second kappa shape index (κ2) is 10.5. The molecule has 2 rings (SSSR count). The molecule has 0 aliphatic carbocycles. The fourth-order valence-electron chi connectivity index (χ4n) is 3.06. The summed E-state index contributed by atoms with van der Waals surface area (Å²) in [5.41, 5.74) is 1.45. The van der Waals surface area contributed by atoms with Crippen molar-refractivity contribution in [3.05, 3.63) is 65.7 Å². The van der Waals surface area contributed by atoms with Crippen LogP contribution >= 0.6 is 0 Å². The van der Waals surface area contributed by atoms with Gasteiger partial charge in [0.15, 0.2) is 0 Å². The van der Waals surface area contributed by atoms with Crippen molar-refractivity contribution in [1.29, 1.82) is 0 Å². The number of nitrogens with zero attached hydrogens (tertiary/aromatic N) is 1. The Balaban J connectivity index is 2.17. The summed E-state index contributed by atoms with van der Waals surface area (Å²) in [6, 6.07) is 14.3.